The molecule has 1 saturated heterocycles. The summed E-state index contributed by atoms with van der Waals surface area (Å²) in [6.07, 6.45) is 0.847. The molecule has 0 radical (unpaired) electrons. The summed E-state index contributed by atoms with van der Waals surface area (Å²) in [6.45, 7) is 0.740. The van der Waals surface area contributed by atoms with Crippen LogP contribution in [0.3, 0.4) is 0 Å². The molecule has 1 aliphatic rings. The quantitative estimate of drug-likeness (QED) is 0.246. The number of nitrogens with two attached hydrogens (primary N) is 1. The average Bonchev–Trinajstić information content (AvgIpc) is 2.19. The summed E-state index contributed by atoms with van der Waals surface area (Å²) in [5.74, 6) is 5.08. The zero-order valence-corrected chi connectivity index (χ0v) is 3.29. The molecular weight excluding hydrogens is 80.0 g/mol. The van der Waals surface area contributed by atoms with E-state index in [9.17, 15) is 4.79 Å². The van der Waals surface area contributed by atoms with Gasteiger partial charge in [-0.05, 0) is 0 Å². The van der Waals surface area contributed by atoms with Gasteiger partial charge in [-0.25, -0.2) is 5.01 Å². The van der Waals surface area contributed by atoms with E-state index in [0.717, 1.165) is 12.8 Å². The van der Waals surface area contributed by atoms with Gasteiger partial charge in [-0.3, -0.25) is 5.84 Å². The predicted molar refractivity (Wildman–Crippen MR) is 20.7 cm³/mol. The Morgan fingerprint density at radius 3 is 2.50 bits per heavy atom. The van der Waals surface area contributed by atoms with Gasteiger partial charge in [-0.1, -0.05) is 0 Å². The fourth-order valence-electron chi connectivity index (χ4n) is 0.290. The van der Waals surface area contributed by atoms with Gasteiger partial charge in [-0.15, -0.1) is 0 Å². The van der Waals surface area contributed by atoms with Crippen LogP contribution in [0.5, 0.6) is 0 Å². The topological polar surface area (TPSA) is 46.1 Å². The first-order valence-electron chi connectivity index (χ1n) is 1.81. The van der Waals surface area contributed by atoms with Crippen LogP contribution in [-0.4, -0.2) is 23.9 Å². The highest BCUT2D eigenvalue weighted by Gasteiger charge is 2.29. The normalized spacial score (nSPS) is 42.2. The third-order valence-corrected chi connectivity index (χ3v) is 0.847. The first kappa shape index (κ1) is 3.77. The Hall–Kier alpha value is -0.410. The van der Waals surface area contributed by atoms with Crippen LogP contribution in [0.1, 0.15) is 0 Å². The molecule has 0 aliphatic carbocycles. The van der Waals surface area contributed by atoms with Crippen LogP contribution in [0.25, 0.3) is 0 Å². The molecule has 1 unspecified atom stereocenters. The minimum absolute atomic E-state index is 0.0324. The second-order valence-electron chi connectivity index (χ2n) is 1.40. The first-order valence-corrected chi connectivity index (χ1v) is 1.81. The number of hydrazine groups is 1. The van der Waals surface area contributed by atoms with Crippen LogP contribution >= 0.6 is 0 Å². The van der Waals surface area contributed by atoms with E-state index in [1.807, 2.05) is 0 Å². The van der Waals surface area contributed by atoms with Crippen molar-refractivity contribution in [3.05, 3.63) is 0 Å². The van der Waals surface area contributed by atoms with Gasteiger partial charge >= 0.3 is 0 Å². The molecule has 0 saturated carbocycles. The number of nitrogens with zero attached hydrogens (tertiary/aromatic N) is 1. The highest BCUT2D eigenvalue weighted by molar-refractivity contribution is 5.61. The van der Waals surface area contributed by atoms with Crippen LogP contribution in [0.2, 0.25) is 0 Å². The minimum Gasteiger partial charge on any atom is -0.302 e. The number of rotatable bonds is 1. The second-order valence-corrected chi connectivity index (χ2v) is 1.40. The lowest BCUT2D eigenvalue weighted by Crippen LogP contribution is -2.09. The van der Waals surface area contributed by atoms with Crippen LogP contribution in [-0.2, 0) is 4.79 Å². The van der Waals surface area contributed by atoms with E-state index in [4.69, 9.17) is 5.84 Å². The molecule has 6 heavy (non-hydrogen) atoms. The third kappa shape index (κ3) is 0.418. The van der Waals surface area contributed by atoms with Gasteiger partial charge in [0, 0.05) is 6.54 Å². The lowest BCUT2D eigenvalue weighted by Gasteiger charge is -1.76. The van der Waals surface area contributed by atoms with E-state index in [0.29, 0.717) is 0 Å². The fourth-order valence-corrected chi connectivity index (χ4v) is 0.290. The lowest BCUT2D eigenvalue weighted by atomic mass is 10.6. The molecule has 3 heteroatoms. The van der Waals surface area contributed by atoms with Crippen LogP contribution in [0.15, 0.2) is 0 Å². The zero-order chi connectivity index (χ0) is 4.57. The van der Waals surface area contributed by atoms with Crippen molar-refractivity contribution in [3.8, 4) is 0 Å². The Bertz CT molecular complexity index is 73.2. The van der Waals surface area contributed by atoms with Crippen molar-refractivity contribution >= 4 is 6.29 Å². The molecule has 2 atom stereocenters. The molecule has 1 aliphatic heterocycles. The second kappa shape index (κ2) is 1.03. The molecule has 1 fully saturated rings. The van der Waals surface area contributed by atoms with Crippen molar-refractivity contribution in [3.63, 3.8) is 0 Å². The average molecular weight is 86.1 g/mol. The van der Waals surface area contributed by atoms with Crippen molar-refractivity contribution in [2.24, 2.45) is 5.84 Å². The molecule has 1 rings (SSSR count). The number of carbonyl (C=O) groups excluding carboxylic acids is 1. The van der Waals surface area contributed by atoms with E-state index >= 15 is 0 Å². The van der Waals surface area contributed by atoms with E-state index in [1.165, 1.54) is 5.01 Å². The van der Waals surface area contributed by atoms with Crippen LogP contribution < -0.4 is 5.84 Å². The maximum absolute atomic E-state index is 9.66. The van der Waals surface area contributed by atoms with E-state index in [1.54, 1.807) is 0 Å². The highest BCUT2D eigenvalue weighted by Crippen LogP contribution is 2.04. The van der Waals surface area contributed by atoms with Gasteiger partial charge in [0.25, 0.3) is 0 Å². The van der Waals surface area contributed by atoms with Crippen molar-refractivity contribution in [1.29, 1.82) is 0 Å². The summed E-state index contributed by atoms with van der Waals surface area (Å²) >= 11 is 0. The molecule has 3 nitrogen and oxygen atoms in total. The maximum atomic E-state index is 9.66. The molecule has 0 aromatic carbocycles. The number of hydrogen-bond acceptors (Lipinski definition) is 3. The molecule has 0 spiro atoms. The van der Waals surface area contributed by atoms with Gasteiger partial charge in [-0.2, -0.15) is 0 Å². The zero-order valence-electron chi connectivity index (χ0n) is 3.29. The van der Waals surface area contributed by atoms with Gasteiger partial charge in [0.1, 0.15) is 6.29 Å². The fraction of sp³-hybridized carbons (Fsp3) is 0.667. The molecule has 0 amide bonds. The summed E-state index contributed by atoms with van der Waals surface area (Å²) in [7, 11) is 0. The van der Waals surface area contributed by atoms with E-state index in [-0.39, 0.29) is 6.04 Å². The Morgan fingerprint density at radius 1 is 2.00 bits per heavy atom. The van der Waals surface area contributed by atoms with Gasteiger partial charge in [0.2, 0.25) is 0 Å². The molecule has 0 bridgehead atoms. The summed E-state index contributed by atoms with van der Waals surface area (Å²) in [5.41, 5.74) is 0. The molecule has 34 valence electrons. The standard InChI is InChI=1S/C3H6N2O/c4-5-1-3(5)2-6/h2-3H,1,4H2/t3-,5?/m1/s1. The number of hydrogen-bond donors (Lipinski definition) is 1. The Kier molecular flexibility index (Phi) is 0.645. The van der Waals surface area contributed by atoms with Crippen molar-refractivity contribution < 1.29 is 4.79 Å². The molecule has 0 aromatic rings. The number of carbonyl (C=O) groups is 1. The van der Waals surface area contributed by atoms with Crippen LogP contribution in [0, 0.1) is 0 Å². The van der Waals surface area contributed by atoms with Crippen molar-refractivity contribution in [1.82, 2.24) is 5.01 Å². The Balaban J connectivity index is 2.25. The molecular formula is C3H6N2O. The van der Waals surface area contributed by atoms with Gasteiger partial charge in [0.05, 0.1) is 6.04 Å². The smallest absolute Gasteiger partial charge is 0.139 e. The molecule has 2 N–H and O–H groups in total. The summed E-state index contributed by atoms with van der Waals surface area (Å²) in [6, 6.07) is 0.0324. The molecule has 1 heterocycles. The SMILES string of the molecule is NN1C[C@@H]1C=O. The van der Waals surface area contributed by atoms with Gasteiger partial charge in [0.15, 0.2) is 0 Å². The largest absolute Gasteiger partial charge is 0.302 e. The monoisotopic (exact) mass is 86.0 g/mol. The molecule has 0 aromatic heterocycles. The highest BCUT2D eigenvalue weighted by atomic mass is 16.1. The summed E-state index contributed by atoms with van der Waals surface area (Å²) in [4.78, 5) is 9.66. The Morgan fingerprint density at radius 2 is 2.50 bits per heavy atom. The Labute approximate surface area is 35.7 Å². The minimum atomic E-state index is 0.0324. The number of aldehydes is 1. The maximum Gasteiger partial charge on any atom is 0.139 e. The van der Waals surface area contributed by atoms with Crippen molar-refractivity contribution in [2.75, 3.05) is 6.54 Å². The van der Waals surface area contributed by atoms with Crippen LogP contribution in [0.4, 0.5) is 0 Å². The lowest BCUT2D eigenvalue weighted by molar-refractivity contribution is -0.108. The van der Waals surface area contributed by atoms with Crippen molar-refractivity contribution in [2.45, 2.75) is 6.04 Å². The van der Waals surface area contributed by atoms with Gasteiger partial charge < -0.3 is 4.79 Å². The van der Waals surface area contributed by atoms with E-state index < -0.39 is 0 Å². The third-order valence-electron chi connectivity index (χ3n) is 0.847. The predicted octanol–water partition coefficient (Wildman–Crippen LogP) is -1.26. The van der Waals surface area contributed by atoms with E-state index in [2.05, 4.69) is 0 Å². The summed E-state index contributed by atoms with van der Waals surface area (Å²) in [5, 5.41) is 1.48. The first-order chi connectivity index (χ1) is 2.84. The summed E-state index contributed by atoms with van der Waals surface area (Å²) < 4.78 is 0.